The summed E-state index contributed by atoms with van der Waals surface area (Å²) in [5, 5.41) is 22.9. The Labute approximate surface area is 122 Å². The van der Waals surface area contributed by atoms with E-state index in [1.807, 2.05) is 6.92 Å². The van der Waals surface area contributed by atoms with Crippen LogP contribution in [0.4, 0.5) is 0 Å². The SMILES string of the molecule is CCNC(=O)CCn1nnc(C(=O)O)c1C1CCNCC1. The van der Waals surface area contributed by atoms with Crippen LogP contribution in [-0.2, 0) is 11.3 Å². The van der Waals surface area contributed by atoms with E-state index in [0.29, 0.717) is 18.8 Å². The zero-order chi connectivity index (χ0) is 15.2. The fourth-order valence-electron chi connectivity index (χ4n) is 2.63. The lowest BCUT2D eigenvalue weighted by molar-refractivity contribution is -0.121. The van der Waals surface area contributed by atoms with E-state index in [-0.39, 0.29) is 23.9 Å². The lowest BCUT2D eigenvalue weighted by Crippen LogP contribution is -2.29. The van der Waals surface area contributed by atoms with Gasteiger partial charge in [0.05, 0.1) is 12.2 Å². The number of amides is 1. The third-order valence-corrected chi connectivity index (χ3v) is 3.63. The first kappa shape index (κ1) is 15.4. The molecule has 1 aliphatic rings. The Kier molecular flexibility index (Phi) is 5.26. The zero-order valence-electron chi connectivity index (χ0n) is 12.1. The Balaban J connectivity index is 2.16. The van der Waals surface area contributed by atoms with E-state index in [4.69, 9.17) is 0 Å². The molecule has 0 saturated carbocycles. The molecule has 1 amide bonds. The van der Waals surface area contributed by atoms with Gasteiger partial charge in [-0.25, -0.2) is 9.48 Å². The van der Waals surface area contributed by atoms with E-state index in [2.05, 4.69) is 20.9 Å². The maximum Gasteiger partial charge on any atom is 0.358 e. The fraction of sp³-hybridized carbons (Fsp3) is 0.692. The van der Waals surface area contributed by atoms with E-state index in [9.17, 15) is 14.7 Å². The van der Waals surface area contributed by atoms with Gasteiger partial charge in [0.15, 0.2) is 5.69 Å². The van der Waals surface area contributed by atoms with Gasteiger partial charge in [-0.3, -0.25) is 4.79 Å². The summed E-state index contributed by atoms with van der Waals surface area (Å²) in [7, 11) is 0. The van der Waals surface area contributed by atoms with Gasteiger partial charge in [0.25, 0.3) is 0 Å². The first-order chi connectivity index (χ1) is 10.1. The topological polar surface area (TPSA) is 109 Å². The van der Waals surface area contributed by atoms with Crippen LogP contribution in [0.1, 0.15) is 48.3 Å². The van der Waals surface area contributed by atoms with Gasteiger partial charge in [0, 0.05) is 18.9 Å². The van der Waals surface area contributed by atoms with Gasteiger partial charge >= 0.3 is 5.97 Å². The van der Waals surface area contributed by atoms with Crippen molar-refractivity contribution in [3.8, 4) is 0 Å². The van der Waals surface area contributed by atoms with Crippen molar-refractivity contribution in [2.75, 3.05) is 19.6 Å². The summed E-state index contributed by atoms with van der Waals surface area (Å²) in [5.74, 6) is -1.00. The highest BCUT2D eigenvalue weighted by atomic mass is 16.4. The number of aromatic carboxylic acids is 1. The molecular formula is C13H21N5O3. The molecule has 3 N–H and O–H groups in total. The smallest absolute Gasteiger partial charge is 0.358 e. The number of carboxylic acids is 1. The number of carboxylic acid groups (broad SMARTS) is 1. The number of nitrogens with zero attached hydrogens (tertiary/aromatic N) is 3. The summed E-state index contributed by atoms with van der Waals surface area (Å²) in [4.78, 5) is 22.9. The van der Waals surface area contributed by atoms with Crippen molar-refractivity contribution in [3.05, 3.63) is 11.4 Å². The molecule has 2 rings (SSSR count). The fourth-order valence-corrected chi connectivity index (χ4v) is 2.63. The molecule has 2 heterocycles. The summed E-state index contributed by atoms with van der Waals surface area (Å²) >= 11 is 0. The molecular weight excluding hydrogens is 274 g/mol. The second-order valence-electron chi connectivity index (χ2n) is 5.08. The summed E-state index contributed by atoms with van der Waals surface area (Å²) in [6, 6.07) is 0. The summed E-state index contributed by atoms with van der Waals surface area (Å²) < 4.78 is 1.58. The average molecular weight is 295 g/mol. The molecule has 0 bridgehead atoms. The van der Waals surface area contributed by atoms with Gasteiger partial charge in [0.2, 0.25) is 5.91 Å². The van der Waals surface area contributed by atoms with Gasteiger partial charge in [-0.15, -0.1) is 5.10 Å². The highest BCUT2D eigenvalue weighted by Gasteiger charge is 2.27. The molecule has 1 saturated heterocycles. The van der Waals surface area contributed by atoms with Crippen LogP contribution in [0.15, 0.2) is 0 Å². The Bertz CT molecular complexity index is 508. The standard InChI is InChI=1S/C13H21N5O3/c1-2-15-10(19)5-8-18-12(9-3-6-14-7-4-9)11(13(20)21)16-17-18/h9,14H,2-8H2,1H3,(H,15,19)(H,20,21). The molecule has 0 atom stereocenters. The predicted molar refractivity (Wildman–Crippen MR) is 75.1 cm³/mol. The highest BCUT2D eigenvalue weighted by Crippen LogP contribution is 2.27. The Hall–Kier alpha value is -1.96. The molecule has 0 spiro atoms. The van der Waals surface area contributed by atoms with Crippen molar-refractivity contribution in [2.24, 2.45) is 0 Å². The Morgan fingerprint density at radius 1 is 1.43 bits per heavy atom. The van der Waals surface area contributed by atoms with E-state index >= 15 is 0 Å². The molecule has 1 fully saturated rings. The van der Waals surface area contributed by atoms with Crippen LogP contribution in [0.5, 0.6) is 0 Å². The third-order valence-electron chi connectivity index (χ3n) is 3.63. The van der Waals surface area contributed by atoms with E-state index in [1.54, 1.807) is 4.68 Å². The van der Waals surface area contributed by atoms with E-state index < -0.39 is 5.97 Å². The summed E-state index contributed by atoms with van der Waals surface area (Å²) in [6.07, 6.45) is 1.98. The van der Waals surface area contributed by atoms with Crippen molar-refractivity contribution in [3.63, 3.8) is 0 Å². The van der Waals surface area contributed by atoms with Gasteiger partial charge in [-0.2, -0.15) is 0 Å². The quantitative estimate of drug-likeness (QED) is 0.680. The Morgan fingerprint density at radius 2 is 2.14 bits per heavy atom. The van der Waals surface area contributed by atoms with Gasteiger partial charge in [0.1, 0.15) is 0 Å². The van der Waals surface area contributed by atoms with Crippen LogP contribution in [0.3, 0.4) is 0 Å². The molecule has 21 heavy (non-hydrogen) atoms. The number of aryl methyl sites for hydroxylation is 1. The maximum atomic E-state index is 11.5. The maximum absolute atomic E-state index is 11.5. The minimum atomic E-state index is -1.06. The van der Waals surface area contributed by atoms with E-state index in [0.717, 1.165) is 25.9 Å². The minimum absolute atomic E-state index is 0.0119. The number of hydrogen-bond acceptors (Lipinski definition) is 5. The summed E-state index contributed by atoms with van der Waals surface area (Å²) in [5.41, 5.74) is 0.658. The lowest BCUT2D eigenvalue weighted by Gasteiger charge is -2.23. The minimum Gasteiger partial charge on any atom is -0.476 e. The van der Waals surface area contributed by atoms with Crippen molar-refractivity contribution < 1.29 is 14.7 Å². The van der Waals surface area contributed by atoms with Crippen LogP contribution < -0.4 is 10.6 Å². The number of nitrogens with one attached hydrogen (secondary N) is 2. The molecule has 0 unspecified atom stereocenters. The first-order valence-corrected chi connectivity index (χ1v) is 7.27. The molecule has 0 aromatic carbocycles. The van der Waals surface area contributed by atoms with Crippen LogP contribution in [0.2, 0.25) is 0 Å². The Morgan fingerprint density at radius 3 is 2.76 bits per heavy atom. The number of hydrogen-bond donors (Lipinski definition) is 3. The first-order valence-electron chi connectivity index (χ1n) is 7.27. The highest BCUT2D eigenvalue weighted by molar-refractivity contribution is 5.86. The van der Waals surface area contributed by atoms with Crippen molar-refractivity contribution in [1.82, 2.24) is 25.6 Å². The predicted octanol–water partition coefficient (Wildman–Crippen LogP) is -0.0305. The number of carbonyl (C=O) groups is 2. The van der Waals surface area contributed by atoms with Crippen molar-refractivity contribution in [1.29, 1.82) is 0 Å². The van der Waals surface area contributed by atoms with Crippen LogP contribution in [0, 0.1) is 0 Å². The normalized spacial score (nSPS) is 15.9. The zero-order valence-corrected chi connectivity index (χ0v) is 12.1. The summed E-state index contributed by atoms with van der Waals surface area (Å²) in [6.45, 7) is 4.50. The lowest BCUT2D eigenvalue weighted by atomic mass is 9.93. The molecule has 0 aliphatic carbocycles. The number of piperidine rings is 1. The van der Waals surface area contributed by atoms with Crippen molar-refractivity contribution >= 4 is 11.9 Å². The molecule has 8 heteroatoms. The second-order valence-corrected chi connectivity index (χ2v) is 5.08. The molecule has 1 aliphatic heterocycles. The van der Waals surface area contributed by atoms with Crippen LogP contribution >= 0.6 is 0 Å². The molecule has 0 radical (unpaired) electrons. The third kappa shape index (κ3) is 3.78. The molecule has 1 aromatic rings. The molecule has 8 nitrogen and oxygen atoms in total. The van der Waals surface area contributed by atoms with Gasteiger partial charge in [-0.1, -0.05) is 5.21 Å². The molecule has 1 aromatic heterocycles. The number of aromatic nitrogens is 3. The average Bonchev–Trinajstić information content (AvgIpc) is 2.90. The van der Waals surface area contributed by atoms with Crippen LogP contribution in [-0.4, -0.2) is 51.6 Å². The second kappa shape index (κ2) is 7.16. The largest absolute Gasteiger partial charge is 0.476 e. The number of carbonyl (C=O) groups excluding carboxylic acids is 1. The van der Waals surface area contributed by atoms with Gasteiger partial charge < -0.3 is 15.7 Å². The van der Waals surface area contributed by atoms with E-state index in [1.165, 1.54) is 0 Å². The number of rotatable bonds is 6. The van der Waals surface area contributed by atoms with Crippen molar-refractivity contribution in [2.45, 2.75) is 38.6 Å². The monoisotopic (exact) mass is 295 g/mol. The molecule has 116 valence electrons. The van der Waals surface area contributed by atoms with Crippen LogP contribution in [0.25, 0.3) is 0 Å². The van der Waals surface area contributed by atoms with Gasteiger partial charge in [-0.05, 0) is 32.9 Å².